The van der Waals surface area contributed by atoms with E-state index >= 15 is 0 Å². The number of aliphatic hydroxyl groups is 2. The van der Waals surface area contributed by atoms with E-state index in [1.807, 2.05) is 0 Å². The molecule has 0 aromatic heterocycles. The van der Waals surface area contributed by atoms with Gasteiger partial charge in [0.25, 0.3) is 5.60 Å². The highest BCUT2D eigenvalue weighted by molar-refractivity contribution is 5.40. The first-order chi connectivity index (χ1) is 9.00. The Morgan fingerprint density at radius 2 is 1.25 bits per heavy atom. The molecule has 1 aliphatic rings. The number of hydrogen-bond donors (Lipinski definition) is 2. The molecule has 1 aromatic rings. The van der Waals surface area contributed by atoms with Gasteiger partial charge in [-0.15, -0.1) is 0 Å². The van der Waals surface area contributed by atoms with Gasteiger partial charge in [0.05, 0.1) is 12.0 Å². The monoisotopic (exact) mass is 376 g/mol. The summed E-state index contributed by atoms with van der Waals surface area (Å²) in [6.07, 6.45) is -14.2. The Kier molecular flexibility index (Phi) is 9.11. The van der Waals surface area contributed by atoms with Gasteiger partial charge in [-0.1, -0.05) is 24.3 Å². The maximum atomic E-state index is 12.8. The second-order valence-corrected chi connectivity index (χ2v) is 4.71. The molecule has 2 N–H and O–H groups in total. The molecule has 24 heavy (non-hydrogen) atoms. The highest BCUT2D eigenvalue weighted by Gasteiger charge is 2.75. The average Bonchev–Trinajstić information content (AvgIpc) is 2.61. The van der Waals surface area contributed by atoms with Crippen LogP contribution >= 0.6 is 0 Å². The smallest absolute Gasteiger partial charge is 0.426 e. The van der Waals surface area contributed by atoms with Crippen LogP contribution in [0.1, 0.15) is 17.0 Å². The van der Waals surface area contributed by atoms with Crippen LogP contribution in [0.4, 0.5) is 26.3 Å². The first-order valence-electron chi connectivity index (χ1n) is 5.62. The third-order valence-electron chi connectivity index (χ3n) is 3.52. The molecule has 0 radical (unpaired) electrons. The van der Waals surface area contributed by atoms with E-state index in [1.54, 1.807) is 0 Å². The molecule has 12 heteroatoms. The summed E-state index contributed by atoms with van der Waals surface area (Å²) in [5.74, 6) is -2.49. The lowest BCUT2D eigenvalue weighted by molar-refractivity contribution is -0.379. The maximum absolute atomic E-state index is 12.8. The summed E-state index contributed by atoms with van der Waals surface area (Å²) in [6.45, 7) is 0. The second-order valence-electron chi connectivity index (χ2n) is 4.71. The summed E-state index contributed by atoms with van der Waals surface area (Å²) in [4.78, 5) is 0. The standard InChI is InChI=1S/C12H10F6O2.4FH/c13-11(14,15)10(20,12(16,17)18)9-7-4-2-1-3-6(7)5-8(9)19;;;;/h1-4,8-9,19-20H,5H2;4*1H/p-4. The lowest BCUT2D eigenvalue weighted by Crippen LogP contribution is -3.00. The number of fused-ring (bicyclic) bond motifs is 1. The van der Waals surface area contributed by atoms with Gasteiger partial charge in [-0.3, -0.25) is 0 Å². The van der Waals surface area contributed by atoms with Crippen LogP contribution in [0.5, 0.6) is 0 Å². The molecule has 0 bridgehead atoms. The van der Waals surface area contributed by atoms with Gasteiger partial charge in [0, 0.05) is 0 Å². The van der Waals surface area contributed by atoms with Gasteiger partial charge in [-0.25, -0.2) is 0 Å². The fourth-order valence-corrected chi connectivity index (χ4v) is 2.59. The normalized spacial score (nSPS) is 19.8. The predicted octanol–water partition coefficient (Wildman–Crippen LogP) is -9.44. The molecule has 1 aliphatic carbocycles. The van der Waals surface area contributed by atoms with Crippen molar-refractivity contribution in [2.45, 2.75) is 36.4 Å². The average molecular weight is 376 g/mol. The predicted molar refractivity (Wildman–Crippen MR) is 56.0 cm³/mol. The van der Waals surface area contributed by atoms with E-state index in [2.05, 4.69) is 0 Å². The van der Waals surface area contributed by atoms with Crippen molar-refractivity contribution in [3.05, 3.63) is 35.4 Å². The number of alkyl halides is 6. The van der Waals surface area contributed by atoms with Crippen LogP contribution in [0, 0.1) is 0 Å². The van der Waals surface area contributed by atoms with E-state index in [4.69, 9.17) is 0 Å². The van der Waals surface area contributed by atoms with E-state index in [0.29, 0.717) is 0 Å². The molecular formula is C12H10F10O2-4. The Balaban J connectivity index is -0.00000110. The van der Waals surface area contributed by atoms with Gasteiger partial charge in [0.1, 0.15) is 0 Å². The van der Waals surface area contributed by atoms with Gasteiger partial charge in [0.15, 0.2) is 0 Å². The third-order valence-corrected chi connectivity index (χ3v) is 3.52. The van der Waals surface area contributed by atoms with Crippen LogP contribution in [0.2, 0.25) is 0 Å². The zero-order valence-electron chi connectivity index (χ0n) is 11.3. The van der Waals surface area contributed by atoms with E-state index in [9.17, 15) is 36.6 Å². The van der Waals surface area contributed by atoms with Crippen molar-refractivity contribution >= 4 is 0 Å². The summed E-state index contributed by atoms with van der Waals surface area (Å²) in [5.41, 5.74) is -5.15. The zero-order valence-corrected chi connectivity index (χ0v) is 11.3. The van der Waals surface area contributed by atoms with E-state index in [-0.39, 0.29) is 36.4 Å². The summed E-state index contributed by atoms with van der Waals surface area (Å²) >= 11 is 0. The van der Waals surface area contributed by atoms with Crippen LogP contribution in [0.25, 0.3) is 0 Å². The molecular weight excluding hydrogens is 366 g/mol. The summed E-state index contributed by atoms with van der Waals surface area (Å²) in [7, 11) is 0. The maximum Gasteiger partial charge on any atom is 0.426 e. The van der Waals surface area contributed by atoms with Crippen LogP contribution < -0.4 is 18.8 Å². The van der Waals surface area contributed by atoms with Crippen LogP contribution in [-0.4, -0.2) is 34.3 Å². The lowest BCUT2D eigenvalue weighted by Gasteiger charge is -2.38. The van der Waals surface area contributed by atoms with Crippen molar-refractivity contribution in [2.75, 3.05) is 0 Å². The van der Waals surface area contributed by atoms with E-state index in [1.165, 1.54) is 18.2 Å². The number of benzene rings is 1. The minimum absolute atomic E-state index is 0. The van der Waals surface area contributed by atoms with Gasteiger partial charge in [-0.2, -0.15) is 26.3 Å². The summed E-state index contributed by atoms with van der Waals surface area (Å²) in [5, 5.41) is 19.0. The Morgan fingerprint density at radius 1 is 0.833 bits per heavy atom. The quantitative estimate of drug-likeness (QED) is 0.478. The fraction of sp³-hybridized carbons (Fsp3) is 0.500. The van der Waals surface area contributed by atoms with Crippen molar-refractivity contribution in [1.82, 2.24) is 0 Å². The molecule has 0 saturated carbocycles. The molecule has 2 nitrogen and oxygen atoms in total. The van der Waals surface area contributed by atoms with Crippen molar-refractivity contribution in [1.29, 1.82) is 0 Å². The van der Waals surface area contributed by atoms with E-state index in [0.717, 1.165) is 6.07 Å². The molecule has 144 valence electrons. The Morgan fingerprint density at radius 3 is 1.67 bits per heavy atom. The highest BCUT2D eigenvalue weighted by Crippen LogP contribution is 2.55. The molecule has 0 amide bonds. The Labute approximate surface area is 128 Å². The molecule has 2 atom stereocenters. The molecule has 0 spiro atoms. The number of hydrogen-bond acceptors (Lipinski definition) is 2. The Bertz CT molecular complexity index is 499. The van der Waals surface area contributed by atoms with Crippen LogP contribution in [-0.2, 0) is 6.42 Å². The number of rotatable bonds is 1. The van der Waals surface area contributed by atoms with Crippen molar-refractivity contribution in [3.63, 3.8) is 0 Å². The largest absolute Gasteiger partial charge is 1.00 e. The first kappa shape index (κ1) is 27.3. The topological polar surface area (TPSA) is 40.5 Å². The molecule has 0 saturated heterocycles. The molecule has 0 fully saturated rings. The summed E-state index contributed by atoms with van der Waals surface area (Å²) in [6, 6.07) is 5.08. The van der Waals surface area contributed by atoms with Gasteiger partial charge in [-0.05, 0) is 17.5 Å². The van der Waals surface area contributed by atoms with Crippen molar-refractivity contribution in [3.8, 4) is 0 Å². The van der Waals surface area contributed by atoms with Gasteiger partial charge >= 0.3 is 12.4 Å². The summed E-state index contributed by atoms with van der Waals surface area (Å²) < 4.78 is 77.0. The van der Waals surface area contributed by atoms with Crippen LogP contribution in [0.3, 0.4) is 0 Å². The van der Waals surface area contributed by atoms with Crippen molar-refractivity contribution < 1.29 is 55.4 Å². The lowest BCUT2D eigenvalue weighted by atomic mass is 9.80. The van der Waals surface area contributed by atoms with Gasteiger partial charge in [0.2, 0.25) is 0 Å². The molecule has 1 aromatic carbocycles. The van der Waals surface area contributed by atoms with Crippen LogP contribution in [0.15, 0.2) is 24.3 Å². The van der Waals surface area contributed by atoms with E-state index < -0.39 is 30.0 Å². The third kappa shape index (κ3) is 3.74. The second kappa shape index (κ2) is 8.01. The molecule has 2 rings (SSSR count). The zero-order chi connectivity index (χ0) is 15.3. The molecule has 0 aliphatic heterocycles. The number of halogens is 10. The molecule has 2 unspecified atom stereocenters. The minimum Gasteiger partial charge on any atom is -1.00 e. The highest BCUT2D eigenvalue weighted by atomic mass is 19.4. The fourth-order valence-electron chi connectivity index (χ4n) is 2.59. The minimum atomic E-state index is -5.95. The van der Waals surface area contributed by atoms with Gasteiger partial charge < -0.3 is 29.0 Å². The Hall–Kier alpha value is -1.56. The SMILES string of the molecule is OC1Cc2ccccc2C1C(O)(C(F)(F)F)C(F)(F)F.[F-].[F-].[F-].[F-]. The van der Waals surface area contributed by atoms with Crippen molar-refractivity contribution in [2.24, 2.45) is 0 Å². The molecule has 0 heterocycles. The number of aliphatic hydroxyl groups excluding tert-OH is 1. The first-order valence-corrected chi connectivity index (χ1v) is 5.62.